The van der Waals surface area contributed by atoms with Crippen molar-refractivity contribution in [3.8, 4) is 11.5 Å². The number of carbonyl (C=O) groups is 1. The monoisotopic (exact) mass is 343 g/mol. The Hall–Kier alpha value is -1.95. The first kappa shape index (κ1) is 15.6. The molecule has 1 aliphatic carbocycles. The van der Waals surface area contributed by atoms with Crippen molar-refractivity contribution in [2.45, 2.75) is 51.1 Å². The van der Waals surface area contributed by atoms with E-state index in [1.54, 1.807) is 0 Å². The second kappa shape index (κ2) is 6.16. The molecular formula is C18H21N3O2S. The smallest absolute Gasteiger partial charge is 0.284 e. The quantitative estimate of drug-likeness (QED) is 0.831. The zero-order chi connectivity index (χ0) is 16.7. The molecule has 2 aliphatic rings. The van der Waals surface area contributed by atoms with Crippen LogP contribution in [0.2, 0.25) is 0 Å². The number of fused-ring (bicyclic) bond motifs is 1. The summed E-state index contributed by atoms with van der Waals surface area (Å²) in [7, 11) is 0. The molecule has 1 amide bonds. The number of rotatable bonds is 2. The maximum Gasteiger partial charge on any atom is 0.284 e. The lowest BCUT2D eigenvalue weighted by molar-refractivity contribution is 0.0633. The van der Waals surface area contributed by atoms with E-state index in [0.29, 0.717) is 23.9 Å². The van der Waals surface area contributed by atoms with E-state index in [9.17, 15) is 4.79 Å². The molecule has 1 aromatic carbocycles. The van der Waals surface area contributed by atoms with Gasteiger partial charge in [0.2, 0.25) is 5.89 Å². The van der Waals surface area contributed by atoms with Crippen LogP contribution in [0.1, 0.15) is 49.4 Å². The van der Waals surface area contributed by atoms with Gasteiger partial charge in [-0.3, -0.25) is 4.79 Å². The fraction of sp³-hybridized carbons (Fsp3) is 0.500. The largest absolute Gasteiger partial charge is 0.409 e. The van der Waals surface area contributed by atoms with Gasteiger partial charge >= 0.3 is 0 Å². The zero-order valence-electron chi connectivity index (χ0n) is 13.7. The predicted molar refractivity (Wildman–Crippen MR) is 93.1 cm³/mol. The van der Waals surface area contributed by atoms with E-state index >= 15 is 0 Å². The first-order valence-electron chi connectivity index (χ1n) is 8.62. The van der Waals surface area contributed by atoms with Crippen LogP contribution in [0.3, 0.4) is 0 Å². The third-order valence-electron chi connectivity index (χ3n) is 5.40. The van der Waals surface area contributed by atoms with Crippen LogP contribution >= 0.6 is 12.2 Å². The van der Waals surface area contributed by atoms with E-state index in [2.05, 4.69) is 22.0 Å². The van der Waals surface area contributed by atoms with Crippen molar-refractivity contribution in [3.63, 3.8) is 0 Å². The van der Waals surface area contributed by atoms with Crippen molar-refractivity contribution in [1.29, 1.82) is 0 Å². The summed E-state index contributed by atoms with van der Waals surface area (Å²) in [6, 6.07) is 8.18. The molecule has 1 aromatic heterocycles. The Balaban J connectivity index is 1.57. The first-order valence-corrected chi connectivity index (χ1v) is 9.03. The van der Waals surface area contributed by atoms with Gasteiger partial charge in [0.05, 0.1) is 0 Å². The van der Waals surface area contributed by atoms with Gasteiger partial charge in [-0.2, -0.15) is 0 Å². The number of aromatic nitrogens is 2. The Morgan fingerprint density at radius 1 is 1.29 bits per heavy atom. The highest BCUT2D eigenvalue weighted by Gasteiger charge is 2.42. The number of likely N-dealkylation sites (tertiary alicyclic amines) is 1. The van der Waals surface area contributed by atoms with Crippen LogP contribution in [0.5, 0.6) is 0 Å². The number of carbonyl (C=O) groups excluding carboxylic acids is 1. The molecule has 0 radical (unpaired) electrons. The maximum atomic E-state index is 13.0. The molecule has 1 saturated heterocycles. The van der Waals surface area contributed by atoms with Gasteiger partial charge in [0.15, 0.2) is 0 Å². The van der Waals surface area contributed by atoms with E-state index in [4.69, 9.17) is 16.6 Å². The predicted octanol–water partition coefficient (Wildman–Crippen LogP) is 4.19. The Labute approximate surface area is 146 Å². The average Bonchev–Trinajstić information content (AvgIpc) is 3.17. The molecule has 3 atom stereocenters. The molecule has 0 unspecified atom stereocenters. The van der Waals surface area contributed by atoms with Crippen molar-refractivity contribution >= 4 is 18.1 Å². The number of hydrogen-bond acceptors (Lipinski definition) is 4. The Kier molecular flexibility index (Phi) is 4.00. The number of nitrogens with zero attached hydrogens (tertiary/aromatic N) is 2. The number of aromatic amines is 1. The fourth-order valence-electron chi connectivity index (χ4n) is 4.32. The van der Waals surface area contributed by atoms with Crippen molar-refractivity contribution in [2.75, 3.05) is 0 Å². The van der Waals surface area contributed by atoms with E-state index < -0.39 is 0 Å². The molecule has 5 nitrogen and oxygen atoms in total. The number of benzene rings is 1. The van der Waals surface area contributed by atoms with Crippen LogP contribution < -0.4 is 0 Å². The minimum atomic E-state index is 0.145. The highest BCUT2D eigenvalue weighted by molar-refractivity contribution is 7.71. The van der Waals surface area contributed by atoms with Gasteiger partial charge in [0.25, 0.3) is 10.7 Å². The summed E-state index contributed by atoms with van der Waals surface area (Å²) in [5.41, 5.74) is 1.54. The van der Waals surface area contributed by atoms with Crippen molar-refractivity contribution in [2.24, 2.45) is 5.92 Å². The van der Waals surface area contributed by atoms with Crippen molar-refractivity contribution < 1.29 is 9.21 Å². The molecule has 6 heteroatoms. The number of hydrogen-bond donors (Lipinski definition) is 1. The molecule has 0 bridgehead atoms. The topological polar surface area (TPSA) is 62.1 Å². The van der Waals surface area contributed by atoms with Gasteiger partial charge in [-0.15, -0.1) is 5.10 Å². The van der Waals surface area contributed by atoms with Gasteiger partial charge in [-0.05, 0) is 68.6 Å². The average molecular weight is 343 g/mol. The minimum absolute atomic E-state index is 0.145. The van der Waals surface area contributed by atoms with Crippen LogP contribution in [0.25, 0.3) is 11.5 Å². The molecule has 1 aliphatic heterocycles. The van der Waals surface area contributed by atoms with Gasteiger partial charge in [0.1, 0.15) is 0 Å². The van der Waals surface area contributed by atoms with E-state index in [1.807, 2.05) is 24.3 Å². The lowest BCUT2D eigenvalue weighted by Crippen LogP contribution is -2.42. The summed E-state index contributed by atoms with van der Waals surface area (Å²) in [6.45, 7) is 2.18. The fourth-order valence-corrected chi connectivity index (χ4v) is 4.44. The van der Waals surface area contributed by atoms with Gasteiger partial charge in [0, 0.05) is 23.2 Å². The van der Waals surface area contributed by atoms with Gasteiger partial charge in [-0.1, -0.05) is 12.8 Å². The third kappa shape index (κ3) is 2.69. The molecule has 1 N–H and O–H groups in total. The van der Waals surface area contributed by atoms with Gasteiger partial charge in [-0.25, -0.2) is 5.10 Å². The SMILES string of the molecule is C[C@@H]1C[C@H]2CCCC[C@@H]2N1C(=O)c1ccc(-c2n[nH]c(=S)o2)cc1. The maximum absolute atomic E-state index is 13.0. The number of amides is 1. The molecule has 2 fully saturated rings. The molecule has 126 valence electrons. The summed E-state index contributed by atoms with van der Waals surface area (Å²) < 4.78 is 5.31. The standard InChI is InChI=1S/C18H21N3O2S/c1-11-10-14-4-2-3-5-15(14)21(11)17(22)13-8-6-12(7-9-13)16-19-20-18(24)23-16/h6-9,11,14-15H,2-5,10H2,1H3,(H,20,24)/t11-,14-,15+/m1/s1. The second-order valence-corrected chi connectivity index (χ2v) is 7.28. The molecule has 1 saturated carbocycles. The molecule has 2 heterocycles. The summed E-state index contributed by atoms with van der Waals surface area (Å²) in [5.74, 6) is 1.28. The molecular weight excluding hydrogens is 322 g/mol. The summed E-state index contributed by atoms with van der Waals surface area (Å²) in [5, 5.41) is 6.62. The van der Waals surface area contributed by atoms with Crippen LogP contribution in [0.15, 0.2) is 28.7 Å². The third-order valence-corrected chi connectivity index (χ3v) is 5.57. The number of H-pyrrole nitrogens is 1. The van der Waals surface area contributed by atoms with E-state index in [-0.39, 0.29) is 10.7 Å². The normalized spacial score (nSPS) is 26.4. The van der Waals surface area contributed by atoms with Crippen LogP contribution in [0, 0.1) is 10.8 Å². The van der Waals surface area contributed by atoms with Crippen LogP contribution in [-0.2, 0) is 0 Å². The molecule has 2 aromatic rings. The van der Waals surface area contributed by atoms with Crippen LogP contribution in [0.4, 0.5) is 0 Å². The molecule has 0 spiro atoms. The van der Waals surface area contributed by atoms with Crippen molar-refractivity contribution in [1.82, 2.24) is 15.1 Å². The first-order chi connectivity index (χ1) is 11.6. The summed E-state index contributed by atoms with van der Waals surface area (Å²) >= 11 is 4.89. The van der Waals surface area contributed by atoms with Gasteiger partial charge < -0.3 is 9.32 Å². The Morgan fingerprint density at radius 3 is 2.75 bits per heavy atom. The van der Waals surface area contributed by atoms with Crippen LogP contribution in [-0.4, -0.2) is 33.1 Å². The second-order valence-electron chi connectivity index (χ2n) is 6.90. The Bertz CT molecular complexity index is 795. The molecule has 4 rings (SSSR count). The highest BCUT2D eigenvalue weighted by atomic mass is 32.1. The van der Waals surface area contributed by atoms with E-state index in [0.717, 1.165) is 24.0 Å². The number of nitrogens with one attached hydrogen (secondary N) is 1. The van der Waals surface area contributed by atoms with Crippen molar-refractivity contribution in [3.05, 3.63) is 34.7 Å². The summed E-state index contributed by atoms with van der Waals surface area (Å²) in [4.78, 5) is 15.4. The zero-order valence-corrected chi connectivity index (χ0v) is 14.5. The lowest BCUT2D eigenvalue weighted by Gasteiger charge is -2.33. The molecule has 24 heavy (non-hydrogen) atoms. The summed E-state index contributed by atoms with van der Waals surface area (Å²) in [6.07, 6.45) is 6.10. The minimum Gasteiger partial charge on any atom is -0.409 e. The highest BCUT2D eigenvalue weighted by Crippen LogP contribution is 2.40. The lowest BCUT2D eigenvalue weighted by atomic mass is 9.85. The Morgan fingerprint density at radius 2 is 2.04 bits per heavy atom. The van der Waals surface area contributed by atoms with E-state index in [1.165, 1.54) is 19.3 Å².